The van der Waals surface area contributed by atoms with Gasteiger partial charge in [-0.15, -0.1) is 0 Å². The summed E-state index contributed by atoms with van der Waals surface area (Å²) < 4.78 is 10.4. The van der Waals surface area contributed by atoms with Gasteiger partial charge in [-0.2, -0.15) is 0 Å². The lowest BCUT2D eigenvalue weighted by Gasteiger charge is -2.12. The molecule has 2 rings (SSSR count). The van der Waals surface area contributed by atoms with Crippen molar-refractivity contribution in [2.75, 3.05) is 6.79 Å². The maximum absolute atomic E-state index is 11.1. The number of fused-ring (bicyclic) bond motifs is 1. The molecule has 0 saturated heterocycles. The van der Waals surface area contributed by atoms with E-state index in [-0.39, 0.29) is 12.4 Å². The summed E-state index contributed by atoms with van der Waals surface area (Å²) in [4.78, 5) is 21.7. The first kappa shape index (κ1) is 13.9. The van der Waals surface area contributed by atoms with Gasteiger partial charge in [0.05, 0.1) is 0 Å². The van der Waals surface area contributed by atoms with Gasteiger partial charge in [0.1, 0.15) is 0 Å². The van der Waals surface area contributed by atoms with E-state index in [1.165, 1.54) is 0 Å². The molecule has 0 fully saturated rings. The van der Waals surface area contributed by atoms with E-state index in [1.54, 1.807) is 19.1 Å². The molecule has 1 aliphatic heterocycles. The summed E-state index contributed by atoms with van der Waals surface area (Å²) in [6, 6.07) is 5.34. The molecule has 1 atom stereocenters. The van der Waals surface area contributed by atoms with Crippen molar-refractivity contribution in [3.63, 3.8) is 0 Å². The van der Waals surface area contributed by atoms with Crippen molar-refractivity contribution in [3.05, 3.63) is 35.4 Å². The summed E-state index contributed by atoms with van der Waals surface area (Å²) in [5, 5.41) is 17.7. The van der Waals surface area contributed by atoms with Gasteiger partial charge in [0.2, 0.25) is 6.79 Å². The van der Waals surface area contributed by atoms with Crippen molar-refractivity contribution >= 4 is 11.9 Å². The number of rotatable bonds is 5. The molecule has 20 heavy (non-hydrogen) atoms. The van der Waals surface area contributed by atoms with Crippen molar-refractivity contribution < 1.29 is 29.3 Å². The minimum Gasteiger partial charge on any atom is -0.478 e. The summed E-state index contributed by atoms with van der Waals surface area (Å²) in [6.45, 7) is 1.85. The second-order valence-electron chi connectivity index (χ2n) is 4.54. The summed E-state index contributed by atoms with van der Waals surface area (Å²) >= 11 is 0. The molecule has 0 spiro atoms. The van der Waals surface area contributed by atoms with E-state index in [0.717, 1.165) is 11.6 Å². The van der Waals surface area contributed by atoms with Gasteiger partial charge in [-0.1, -0.05) is 13.0 Å². The molecular weight excluding hydrogens is 264 g/mol. The van der Waals surface area contributed by atoms with Crippen LogP contribution in [-0.2, 0) is 16.0 Å². The molecule has 0 aromatic heterocycles. The molecule has 1 aromatic carbocycles. The molecule has 0 saturated carbocycles. The van der Waals surface area contributed by atoms with E-state index in [0.29, 0.717) is 17.9 Å². The highest BCUT2D eigenvalue weighted by molar-refractivity contribution is 5.95. The number of ether oxygens (including phenoxy) is 2. The Labute approximate surface area is 115 Å². The number of aliphatic carboxylic acids is 2. The van der Waals surface area contributed by atoms with Gasteiger partial charge in [-0.05, 0) is 30.0 Å². The molecule has 1 heterocycles. The van der Waals surface area contributed by atoms with Gasteiger partial charge in [0, 0.05) is 11.6 Å². The molecule has 0 bridgehead atoms. The van der Waals surface area contributed by atoms with Crippen LogP contribution < -0.4 is 9.47 Å². The van der Waals surface area contributed by atoms with Gasteiger partial charge in [-0.25, -0.2) is 9.59 Å². The Morgan fingerprint density at radius 2 is 2.00 bits per heavy atom. The lowest BCUT2D eigenvalue weighted by atomic mass is 9.93. The fourth-order valence-corrected chi connectivity index (χ4v) is 2.08. The van der Waals surface area contributed by atoms with Gasteiger partial charge in [0.15, 0.2) is 11.5 Å². The first-order valence-corrected chi connectivity index (χ1v) is 6.03. The number of benzene rings is 1. The van der Waals surface area contributed by atoms with Crippen LogP contribution in [0.5, 0.6) is 11.5 Å². The quantitative estimate of drug-likeness (QED) is 0.796. The first-order valence-electron chi connectivity index (χ1n) is 6.03. The summed E-state index contributed by atoms with van der Waals surface area (Å²) in [5.41, 5.74) is 0.731. The Hall–Kier alpha value is -2.50. The lowest BCUT2D eigenvalue weighted by molar-refractivity contribution is -0.135. The smallest absolute Gasteiger partial charge is 0.332 e. The van der Waals surface area contributed by atoms with Crippen LogP contribution >= 0.6 is 0 Å². The highest BCUT2D eigenvalue weighted by atomic mass is 16.7. The fraction of sp³-hybridized carbons (Fsp3) is 0.286. The third-order valence-electron chi connectivity index (χ3n) is 3.04. The van der Waals surface area contributed by atoms with E-state index in [1.807, 2.05) is 6.07 Å². The molecular formula is C14H14O6. The zero-order chi connectivity index (χ0) is 14.7. The van der Waals surface area contributed by atoms with Crippen LogP contribution in [-0.4, -0.2) is 28.9 Å². The summed E-state index contributed by atoms with van der Waals surface area (Å²) in [7, 11) is 0. The SMILES string of the molecule is CC(Cc1ccc2c(c1)OCO2)C(=CC(=O)O)C(=O)O. The van der Waals surface area contributed by atoms with E-state index >= 15 is 0 Å². The van der Waals surface area contributed by atoms with Crippen LogP contribution in [0.2, 0.25) is 0 Å². The summed E-state index contributed by atoms with van der Waals surface area (Å²) in [6.07, 6.45) is 1.14. The Morgan fingerprint density at radius 3 is 2.65 bits per heavy atom. The molecule has 106 valence electrons. The fourth-order valence-electron chi connectivity index (χ4n) is 2.08. The third-order valence-corrected chi connectivity index (χ3v) is 3.04. The average molecular weight is 278 g/mol. The van der Waals surface area contributed by atoms with E-state index in [9.17, 15) is 9.59 Å². The minimum absolute atomic E-state index is 0.129. The van der Waals surface area contributed by atoms with Gasteiger partial charge in [-0.3, -0.25) is 0 Å². The third kappa shape index (κ3) is 3.09. The highest BCUT2D eigenvalue weighted by Crippen LogP contribution is 2.33. The molecule has 0 radical (unpaired) electrons. The van der Waals surface area contributed by atoms with Gasteiger partial charge >= 0.3 is 11.9 Å². The van der Waals surface area contributed by atoms with E-state index in [4.69, 9.17) is 19.7 Å². The minimum atomic E-state index is -1.26. The number of carboxylic acids is 2. The van der Waals surface area contributed by atoms with E-state index < -0.39 is 17.9 Å². The van der Waals surface area contributed by atoms with Crippen molar-refractivity contribution in [2.24, 2.45) is 5.92 Å². The molecule has 1 aromatic rings. The second kappa shape index (κ2) is 5.64. The van der Waals surface area contributed by atoms with Crippen molar-refractivity contribution in [1.29, 1.82) is 0 Å². The number of carbonyl (C=O) groups is 2. The molecule has 0 amide bonds. The molecule has 6 heteroatoms. The standard InChI is InChI=1S/C14H14O6/c1-8(10(14(17)18)6-13(15)16)4-9-2-3-11-12(5-9)20-7-19-11/h2-3,5-6,8H,4,7H2,1H3,(H,15,16)(H,17,18). The molecule has 1 unspecified atom stereocenters. The maximum atomic E-state index is 11.1. The van der Waals surface area contributed by atoms with Gasteiger partial charge in [0.25, 0.3) is 0 Å². The summed E-state index contributed by atoms with van der Waals surface area (Å²) in [5.74, 6) is -1.64. The van der Waals surface area contributed by atoms with Crippen molar-refractivity contribution in [1.82, 2.24) is 0 Å². The Kier molecular flexibility index (Phi) is 3.93. The number of hydrogen-bond acceptors (Lipinski definition) is 4. The Morgan fingerprint density at radius 1 is 1.30 bits per heavy atom. The Balaban J connectivity index is 2.16. The maximum Gasteiger partial charge on any atom is 0.332 e. The first-order chi connectivity index (χ1) is 9.47. The van der Waals surface area contributed by atoms with Crippen LogP contribution in [0.4, 0.5) is 0 Å². The predicted molar refractivity (Wildman–Crippen MR) is 68.8 cm³/mol. The molecule has 6 nitrogen and oxygen atoms in total. The number of hydrogen-bond donors (Lipinski definition) is 2. The monoisotopic (exact) mass is 278 g/mol. The van der Waals surface area contributed by atoms with Crippen molar-refractivity contribution in [3.8, 4) is 11.5 Å². The van der Waals surface area contributed by atoms with Crippen LogP contribution in [0.1, 0.15) is 12.5 Å². The van der Waals surface area contributed by atoms with Gasteiger partial charge < -0.3 is 19.7 Å². The van der Waals surface area contributed by atoms with Crippen LogP contribution in [0.3, 0.4) is 0 Å². The number of carboxylic acid groups (broad SMARTS) is 2. The average Bonchev–Trinajstić information content (AvgIpc) is 2.82. The highest BCUT2D eigenvalue weighted by Gasteiger charge is 2.20. The van der Waals surface area contributed by atoms with E-state index in [2.05, 4.69) is 0 Å². The van der Waals surface area contributed by atoms with Crippen LogP contribution in [0, 0.1) is 5.92 Å². The topological polar surface area (TPSA) is 93.1 Å². The lowest BCUT2D eigenvalue weighted by Crippen LogP contribution is -2.14. The van der Waals surface area contributed by atoms with Crippen molar-refractivity contribution in [2.45, 2.75) is 13.3 Å². The molecule has 0 aliphatic carbocycles. The Bertz CT molecular complexity index is 575. The zero-order valence-electron chi connectivity index (χ0n) is 10.8. The molecule has 2 N–H and O–H groups in total. The normalized spacial score (nSPS) is 14.9. The second-order valence-corrected chi connectivity index (χ2v) is 4.54. The van der Waals surface area contributed by atoms with Crippen LogP contribution in [0.15, 0.2) is 29.8 Å². The zero-order valence-corrected chi connectivity index (χ0v) is 10.8. The molecule has 1 aliphatic rings. The van der Waals surface area contributed by atoms with Crippen LogP contribution in [0.25, 0.3) is 0 Å². The predicted octanol–water partition coefficient (Wildman–Crippen LogP) is 1.69. The largest absolute Gasteiger partial charge is 0.478 e.